The van der Waals surface area contributed by atoms with E-state index in [0.717, 1.165) is 6.42 Å². The van der Waals surface area contributed by atoms with Crippen molar-refractivity contribution in [2.45, 2.75) is 26.7 Å². The van der Waals surface area contributed by atoms with E-state index in [-0.39, 0.29) is 12.2 Å². The van der Waals surface area contributed by atoms with Crippen molar-refractivity contribution in [2.24, 2.45) is 5.92 Å². The Morgan fingerprint density at radius 2 is 2.11 bits per heavy atom. The molecule has 1 N–H and O–H groups in total. The lowest BCUT2D eigenvalue weighted by Crippen LogP contribution is -2.15. The van der Waals surface area contributed by atoms with Crippen LogP contribution in [0.3, 0.4) is 0 Å². The number of aliphatic carboxylic acids is 1. The molecule has 1 aromatic carbocycles. The predicted molar refractivity (Wildman–Crippen MR) is 68.0 cm³/mol. The summed E-state index contributed by atoms with van der Waals surface area (Å²) in [5.41, 5.74) is 0.498. The van der Waals surface area contributed by atoms with E-state index < -0.39 is 11.9 Å². The van der Waals surface area contributed by atoms with Crippen molar-refractivity contribution >= 4 is 11.8 Å². The first-order chi connectivity index (χ1) is 8.54. The second-order valence-corrected chi connectivity index (χ2v) is 4.24. The number of hydrogen-bond donors (Lipinski definition) is 1. The standard InChI is InChI=1S/C14H18O4/c1-3-7-18-12-6-4-5-11(9-12)14(17)10(2)8-13(15)16/h4-6,9-10H,3,7-8H2,1-2H3,(H,15,16). The molecule has 0 radical (unpaired) electrons. The number of Topliss-reactive ketones (excluding diaryl/α,β-unsaturated/α-hetero) is 1. The van der Waals surface area contributed by atoms with Crippen molar-refractivity contribution in [3.8, 4) is 5.75 Å². The molecule has 0 aliphatic rings. The molecule has 0 heterocycles. The van der Waals surface area contributed by atoms with Crippen molar-refractivity contribution in [3.05, 3.63) is 29.8 Å². The summed E-state index contributed by atoms with van der Waals surface area (Å²) in [5.74, 6) is -1.01. The Labute approximate surface area is 107 Å². The molecule has 98 valence electrons. The molecule has 1 unspecified atom stereocenters. The van der Waals surface area contributed by atoms with E-state index in [1.54, 1.807) is 31.2 Å². The third-order valence-corrected chi connectivity index (χ3v) is 2.52. The molecule has 1 aromatic rings. The number of hydrogen-bond acceptors (Lipinski definition) is 3. The van der Waals surface area contributed by atoms with Gasteiger partial charge >= 0.3 is 5.97 Å². The number of carbonyl (C=O) groups excluding carboxylic acids is 1. The van der Waals surface area contributed by atoms with Gasteiger partial charge in [-0.1, -0.05) is 26.0 Å². The van der Waals surface area contributed by atoms with Gasteiger partial charge in [0.15, 0.2) is 5.78 Å². The molecule has 0 fully saturated rings. The molecule has 4 heteroatoms. The Hall–Kier alpha value is -1.84. The zero-order valence-corrected chi connectivity index (χ0v) is 10.7. The zero-order valence-electron chi connectivity index (χ0n) is 10.7. The molecule has 1 rings (SSSR count). The Morgan fingerprint density at radius 1 is 1.39 bits per heavy atom. The summed E-state index contributed by atoms with van der Waals surface area (Å²) in [4.78, 5) is 22.6. The fourth-order valence-electron chi connectivity index (χ4n) is 1.60. The second kappa shape index (κ2) is 6.79. The molecule has 0 spiro atoms. The number of ketones is 1. The van der Waals surface area contributed by atoms with Gasteiger partial charge in [-0.3, -0.25) is 9.59 Å². The van der Waals surface area contributed by atoms with Gasteiger partial charge in [0.2, 0.25) is 0 Å². The second-order valence-electron chi connectivity index (χ2n) is 4.24. The van der Waals surface area contributed by atoms with Crippen LogP contribution in [-0.2, 0) is 4.79 Å². The number of carboxylic acid groups (broad SMARTS) is 1. The minimum atomic E-state index is -0.964. The minimum absolute atomic E-state index is 0.154. The quantitative estimate of drug-likeness (QED) is 0.756. The van der Waals surface area contributed by atoms with Crippen LogP contribution in [0.2, 0.25) is 0 Å². The first-order valence-electron chi connectivity index (χ1n) is 6.03. The smallest absolute Gasteiger partial charge is 0.304 e. The van der Waals surface area contributed by atoms with Crippen LogP contribution in [0.4, 0.5) is 0 Å². The topological polar surface area (TPSA) is 63.6 Å². The molecule has 0 saturated heterocycles. The molecule has 1 atom stereocenters. The molecule has 18 heavy (non-hydrogen) atoms. The van der Waals surface area contributed by atoms with Crippen molar-refractivity contribution < 1.29 is 19.4 Å². The molecule has 4 nitrogen and oxygen atoms in total. The fourth-order valence-corrected chi connectivity index (χ4v) is 1.60. The lowest BCUT2D eigenvalue weighted by Gasteiger charge is -2.09. The van der Waals surface area contributed by atoms with Crippen molar-refractivity contribution in [2.75, 3.05) is 6.61 Å². The summed E-state index contributed by atoms with van der Waals surface area (Å²) in [6.45, 7) is 4.22. The maximum Gasteiger partial charge on any atom is 0.304 e. The summed E-state index contributed by atoms with van der Waals surface area (Å²) in [5, 5.41) is 8.67. The molecule has 0 aliphatic carbocycles. The summed E-state index contributed by atoms with van der Waals surface area (Å²) >= 11 is 0. The highest BCUT2D eigenvalue weighted by atomic mass is 16.5. The van der Waals surface area contributed by atoms with Crippen LogP contribution in [0.5, 0.6) is 5.75 Å². The first-order valence-corrected chi connectivity index (χ1v) is 6.03. The Kier molecular flexibility index (Phi) is 5.36. The van der Waals surface area contributed by atoms with E-state index in [1.807, 2.05) is 6.92 Å². The highest BCUT2D eigenvalue weighted by Gasteiger charge is 2.18. The van der Waals surface area contributed by atoms with Gasteiger partial charge in [0.05, 0.1) is 13.0 Å². The maximum atomic E-state index is 12.0. The summed E-state index contributed by atoms with van der Waals surface area (Å²) in [6.07, 6.45) is 0.743. The van der Waals surface area contributed by atoms with Gasteiger partial charge in [-0.15, -0.1) is 0 Å². The van der Waals surface area contributed by atoms with Crippen LogP contribution in [0.25, 0.3) is 0 Å². The van der Waals surface area contributed by atoms with Gasteiger partial charge in [-0.2, -0.15) is 0 Å². The van der Waals surface area contributed by atoms with Crippen LogP contribution in [-0.4, -0.2) is 23.5 Å². The highest BCUT2D eigenvalue weighted by Crippen LogP contribution is 2.18. The first kappa shape index (κ1) is 14.2. The third-order valence-electron chi connectivity index (χ3n) is 2.52. The molecule has 0 bridgehead atoms. The SMILES string of the molecule is CCCOc1cccc(C(=O)C(C)CC(=O)O)c1. The number of carboxylic acids is 1. The van der Waals surface area contributed by atoms with Crippen LogP contribution in [0.15, 0.2) is 24.3 Å². The molecular formula is C14H18O4. The number of carbonyl (C=O) groups is 2. The van der Waals surface area contributed by atoms with E-state index >= 15 is 0 Å². The van der Waals surface area contributed by atoms with E-state index in [0.29, 0.717) is 17.9 Å². The summed E-state index contributed by atoms with van der Waals surface area (Å²) in [6, 6.07) is 6.87. The average molecular weight is 250 g/mol. The van der Waals surface area contributed by atoms with E-state index in [2.05, 4.69) is 0 Å². The van der Waals surface area contributed by atoms with E-state index in [9.17, 15) is 9.59 Å². The van der Waals surface area contributed by atoms with Crippen LogP contribution in [0.1, 0.15) is 37.0 Å². The van der Waals surface area contributed by atoms with Crippen LogP contribution in [0, 0.1) is 5.92 Å². The monoisotopic (exact) mass is 250 g/mol. The van der Waals surface area contributed by atoms with Gasteiger partial charge in [-0.25, -0.2) is 0 Å². The number of ether oxygens (including phenoxy) is 1. The fraction of sp³-hybridized carbons (Fsp3) is 0.429. The van der Waals surface area contributed by atoms with Gasteiger partial charge < -0.3 is 9.84 Å². The van der Waals surface area contributed by atoms with Crippen LogP contribution < -0.4 is 4.74 Å². The Morgan fingerprint density at radius 3 is 2.72 bits per heavy atom. The van der Waals surface area contributed by atoms with Crippen LogP contribution >= 0.6 is 0 Å². The third kappa shape index (κ3) is 4.20. The minimum Gasteiger partial charge on any atom is -0.494 e. The van der Waals surface area contributed by atoms with Crippen molar-refractivity contribution in [1.29, 1.82) is 0 Å². The van der Waals surface area contributed by atoms with Gasteiger partial charge in [-0.05, 0) is 18.6 Å². The van der Waals surface area contributed by atoms with Gasteiger partial charge in [0.1, 0.15) is 5.75 Å². The number of rotatable bonds is 7. The Balaban J connectivity index is 2.76. The lowest BCUT2D eigenvalue weighted by atomic mass is 9.96. The summed E-state index contributed by atoms with van der Waals surface area (Å²) < 4.78 is 5.44. The van der Waals surface area contributed by atoms with E-state index in [1.165, 1.54) is 0 Å². The molecule has 0 amide bonds. The lowest BCUT2D eigenvalue weighted by molar-refractivity contribution is -0.137. The van der Waals surface area contributed by atoms with Gasteiger partial charge in [0, 0.05) is 11.5 Å². The molecule has 0 aliphatic heterocycles. The average Bonchev–Trinajstić information content (AvgIpc) is 2.35. The van der Waals surface area contributed by atoms with Gasteiger partial charge in [0.25, 0.3) is 0 Å². The normalized spacial score (nSPS) is 11.9. The highest BCUT2D eigenvalue weighted by molar-refractivity contribution is 5.99. The number of benzene rings is 1. The zero-order chi connectivity index (χ0) is 13.5. The van der Waals surface area contributed by atoms with Crippen molar-refractivity contribution in [1.82, 2.24) is 0 Å². The summed E-state index contributed by atoms with van der Waals surface area (Å²) in [7, 11) is 0. The van der Waals surface area contributed by atoms with E-state index in [4.69, 9.17) is 9.84 Å². The molecule has 0 aromatic heterocycles. The largest absolute Gasteiger partial charge is 0.494 e. The predicted octanol–water partition coefficient (Wildman–Crippen LogP) is 2.77. The maximum absolute atomic E-state index is 12.0. The molecule has 0 saturated carbocycles. The van der Waals surface area contributed by atoms with Crippen molar-refractivity contribution in [3.63, 3.8) is 0 Å². The Bertz CT molecular complexity index is 426. The molecular weight excluding hydrogens is 232 g/mol.